The molecule has 4 heteroatoms. The molecule has 2 saturated carbocycles. The third-order valence-electron chi connectivity index (χ3n) is 4.71. The van der Waals surface area contributed by atoms with E-state index >= 15 is 0 Å². The molecule has 0 nitrogen and oxygen atoms in total. The van der Waals surface area contributed by atoms with Crippen LogP contribution < -0.4 is 4.04 Å². The molecule has 1 aromatic rings. The third-order valence-corrected chi connectivity index (χ3v) is 15.5. The number of halogens is 3. The summed E-state index contributed by atoms with van der Waals surface area (Å²) in [5.74, 6) is -0.878. The molecule has 0 atom stereocenters. The molecule has 0 spiro atoms. The summed E-state index contributed by atoms with van der Waals surface area (Å²) in [5.41, 5.74) is 0. The quantitative estimate of drug-likeness (QED) is 0.446. The van der Waals surface area contributed by atoms with Gasteiger partial charge in [0.05, 0.1) is 0 Å². The van der Waals surface area contributed by atoms with Crippen LogP contribution in [0.25, 0.3) is 0 Å². The Hall–Kier alpha value is 0.0323. The molecule has 0 heterocycles. The molecule has 3 rings (SSSR count). The van der Waals surface area contributed by atoms with Crippen LogP contribution in [0.1, 0.15) is 51.4 Å². The van der Waals surface area contributed by atoms with Gasteiger partial charge in [-0.05, 0) is 0 Å². The van der Waals surface area contributed by atoms with E-state index < -0.39 is 27.2 Å². The van der Waals surface area contributed by atoms with Gasteiger partial charge in [0.15, 0.2) is 0 Å². The fourth-order valence-corrected chi connectivity index (χ4v) is 15.1. The second-order valence-corrected chi connectivity index (χ2v) is 14.0. The zero-order valence-corrected chi connectivity index (χ0v) is 14.5. The Bertz CT molecular complexity index is 457. The van der Waals surface area contributed by atoms with Gasteiger partial charge in [-0.3, -0.25) is 0 Å². The van der Waals surface area contributed by atoms with Crippen molar-refractivity contribution in [1.29, 1.82) is 0 Å². The van der Waals surface area contributed by atoms with Gasteiger partial charge in [0.25, 0.3) is 0 Å². The molecule has 21 heavy (non-hydrogen) atoms. The molecule has 0 aliphatic heterocycles. The predicted molar refractivity (Wildman–Crippen MR) is 81.1 cm³/mol. The Morgan fingerprint density at radius 1 is 0.857 bits per heavy atom. The van der Waals surface area contributed by atoms with Crippen LogP contribution in [0.5, 0.6) is 0 Å². The summed E-state index contributed by atoms with van der Waals surface area (Å²) < 4.78 is 30.4. The first-order chi connectivity index (χ1) is 10.2. The third kappa shape index (κ3) is 2.94. The first-order valence-electron chi connectivity index (χ1n) is 7.76. The fraction of sp³-hybridized carbons (Fsp3) is 0.647. The van der Waals surface area contributed by atoms with Gasteiger partial charge in [-0.15, -0.1) is 0 Å². The molecule has 2 fully saturated rings. The number of hydrogen-bond donors (Lipinski definition) is 0. The fourth-order valence-electron chi connectivity index (χ4n) is 3.72. The van der Waals surface area contributed by atoms with E-state index in [1.54, 1.807) is 12.1 Å². The van der Waals surface area contributed by atoms with Crippen LogP contribution in [-0.2, 0) is 15.5 Å². The number of alkyl halides is 1. The van der Waals surface area contributed by atoms with Crippen molar-refractivity contribution in [2.45, 2.75) is 60.1 Å². The van der Waals surface area contributed by atoms with Crippen molar-refractivity contribution in [2.75, 3.05) is 4.35 Å². The van der Waals surface area contributed by atoms with Crippen LogP contribution in [-0.4, -0.2) is 4.35 Å². The molecule has 1 aromatic carbocycles. The summed E-state index contributed by atoms with van der Waals surface area (Å²) in [4.78, 5) is 0. The Labute approximate surface area is 134 Å². The van der Waals surface area contributed by atoms with E-state index in [1.807, 2.05) is 0 Å². The standard InChI is InChI=1S/C6H3F2.2C5H9.CH2Cl.Pd/c7-5-2-1-3-6(8)4-5;2*1-2-4-5-3-1;1-2;/h2-4H;2*1H,2-5H2;1H2;. The number of rotatable bonds is 4. The Morgan fingerprint density at radius 2 is 1.29 bits per heavy atom. The topological polar surface area (TPSA) is 0 Å². The monoisotopic (exact) mass is 406 g/mol. The molecule has 122 valence electrons. The van der Waals surface area contributed by atoms with Gasteiger partial charge in [-0.2, -0.15) is 0 Å². The molecular weight excluding hydrogens is 384 g/mol. The summed E-state index contributed by atoms with van der Waals surface area (Å²) in [6.07, 6.45) is 9.84. The maximum absolute atomic E-state index is 13.8. The van der Waals surface area contributed by atoms with Crippen LogP contribution in [0.15, 0.2) is 18.2 Å². The predicted octanol–water partition coefficient (Wildman–Crippen LogP) is 5.67. The molecule has 2 aliphatic rings. The van der Waals surface area contributed by atoms with Gasteiger partial charge in [0, 0.05) is 0 Å². The van der Waals surface area contributed by atoms with Crippen molar-refractivity contribution in [3.05, 3.63) is 29.8 Å². The summed E-state index contributed by atoms with van der Waals surface area (Å²) in [6, 6.07) is 4.18. The molecule has 0 amide bonds. The Morgan fingerprint density at radius 3 is 1.67 bits per heavy atom. The van der Waals surface area contributed by atoms with Crippen molar-refractivity contribution in [3.63, 3.8) is 0 Å². The number of benzene rings is 1. The van der Waals surface area contributed by atoms with E-state index in [9.17, 15) is 8.78 Å². The normalized spacial score (nSPS) is 22.0. The van der Waals surface area contributed by atoms with E-state index in [4.69, 9.17) is 11.6 Å². The molecule has 0 saturated heterocycles. The summed E-state index contributed by atoms with van der Waals surface area (Å²) in [5, 5.41) is 0. The van der Waals surface area contributed by atoms with Gasteiger partial charge in [-0.1, -0.05) is 0 Å². The first kappa shape index (κ1) is 15.9. The minimum atomic E-state index is -2.20. The van der Waals surface area contributed by atoms with Crippen LogP contribution in [0.2, 0.25) is 8.78 Å². The van der Waals surface area contributed by atoms with Crippen molar-refractivity contribution in [2.24, 2.45) is 0 Å². The van der Waals surface area contributed by atoms with E-state index in [0.717, 1.165) is 10.1 Å². The number of hydrogen-bond acceptors (Lipinski definition) is 0. The second kappa shape index (κ2) is 6.65. The molecule has 0 N–H and O–H groups in total. The van der Waals surface area contributed by atoms with Gasteiger partial charge >= 0.3 is 134 Å². The van der Waals surface area contributed by atoms with E-state index in [-0.39, 0.29) is 0 Å². The summed E-state index contributed by atoms with van der Waals surface area (Å²) in [6.45, 7) is 0. The van der Waals surface area contributed by atoms with Crippen molar-refractivity contribution in [3.8, 4) is 0 Å². The van der Waals surface area contributed by atoms with Crippen molar-refractivity contribution >= 4 is 15.6 Å². The van der Waals surface area contributed by atoms with Crippen LogP contribution >= 0.6 is 11.6 Å². The molecule has 2 aliphatic carbocycles. The summed E-state index contributed by atoms with van der Waals surface area (Å²) in [7, 11) is 0. The maximum atomic E-state index is 13.8. The summed E-state index contributed by atoms with van der Waals surface area (Å²) >= 11 is 4.34. The molecular formula is C17H23ClF2Pd. The molecule has 0 aromatic heterocycles. The molecule has 0 radical (unpaired) electrons. The minimum absolute atomic E-state index is 0.439. The van der Waals surface area contributed by atoms with Crippen LogP contribution in [0, 0.1) is 11.6 Å². The van der Waals surface area contributed by atoms with E-state index in [2.05, 4.69) is 0 Å². The average Bonchev–Trinajstić information content (AvgIpc) is 3.12. The van der Waals surface area contributed by atoms with Gasteiger partial charge in [0.1, 0.15) is 0 Å². The van der Waals surface area contributed by atoms with Gasteiger partial charge in [-0.25, -0.2) is 0 Å². The van der Waals surface area contributed by atoms with Crippen LogP contribution in [0.4, 0.5) is 8.78 Å². The zero-order valence-electron chi connectivity index (χ0n) is 12.2. The average molecular weight is 407 g/mol. The Kier molecular flexibility index (Phi) is 5.04. The van der Waals surface area contributed by atoms with Crippen molar-refractivity contribution in [1.82, 2.24) is 0 Å². The van der Waals surface area contributed by atoms with Crippen molar-refractivity contribution < 1.29 is 24.3 Å². The van der Waals surface area contributed by atoms with E-state index in [0.29, 0.717) is 13.1 Å². The zero-order chi connectivity index (χ0) is 14.9. The Balaban J connectivity index is 2.08. The van der Waals surface area contributed by atoms with Gasteiger partial charge in [0.2, 0.25) is 0 Å². The first-order valence-corrected chi connectivity index (χ1v) is 12.0. The van der Waals surface area contributed by atoms with Gasteiger partial charge < -0.3 is 0 Å². The van der Waals surface area contributed by atoms with Crippen LogP contribution in [0.3, 0.4) is 0 Å². The molecule has 0 unspecified atom stereocenters. The molecule has 0 bridgehead atoms. The second-order valence-electron chi connectivity index (χ2n) is 5.96. The SMILES string of the molecule is Fc1cc(F)c[c]([Pd]([CH2]Cl)([CH]2CCCC2)[CH]2CCCC2)c1. The van der Waals surface area contributed by atoms with E-state index in [1.165, 1.54) is 51.4 Å².